The van der Waals surface area contributed by atoms with Gasteiger partial charge in [0.1, 0.15) is 23.7 Å². The number of imidazole rings is 1. The van der Waals surface area contributed by atoms with E-state index >= 15 is 0 Å². The molecule has 0 aliphatic heterocycles. The lowest BCUT2D eigenvalue weighted by Crippen LogP contribution is -2.23. The van der Waals surface area contributed by atoms with E-state index in [4.69, 9.17) is 10.6 Å². The molecular formula is C15H16N4O2. The number of oxime groups is 1. The Hall–Kier alpha value is -2.47. The number of rotatable bonds is 4. The van der Waals surface area contributed by atoms with E-state index in [1.54, 1.807) is 24.0 Å². The monoisotopic (exact) mass is 284 g/mol. The summed E-state index contributed by atoms with van der Waals surface area (Å²) in [7, 11) is 1.80. The molecule has 0 atom stereocenters. The number of nitrogens with zero attached hydrogens (tertiary/aromatic N) is 3. The zero-order valence-electron chi connectivity index (χ0n) is 11.7. The molecule has 1 aromatic heterocycles. The Labute approximate surface area is 122 Å². The van der Waals surface area contributed by atoms with Crippen molar-refractivity contribution in [1.82, 2.24) is 9.55 Å². The highest BCUT2D eigenvalue weighted by molar-refractivity contribution is 6.28. The lowest BCUT2D eigenvalue weighted by atomic mass is 9.89. The number of hydrogen-bond donors (Lipinski definition) is 1. The molecule has 1 aliphatic rings. The molecule has 0 spiro atoms. The number of ketones is 1. The highest BCUT2D eigenvalue weighted by atomic mass is 16.6. The van der Waals surface area contributed by atoms with Crippen LogP contribution in [-0.4, -0.2) is 34.2 Å². The first-order valence-electron chi connectivity index (χ1n) is 6.80. The van der Waals surface area contributed by atoms with Gasteiger partial charge in [-0.3, -0.25) is 4.79 Å². The van der Waals surface area contributed by atoms with Crippen molar-refractivity contribution in [3.8, 4) is 0 Å². The second kappa shape index (κ2) is 5.49. The Morgan fingerprint density at radius 3 is 2.86 bits per heavy atom. The summed E-state index contributed by atoms with van der Waals surface area (Å²) in [5, 5.41) is 4.18. The van der Waals surface area contributed by atoms with Crippen LogP contribution >= 0.6 is 0 Å². The molecule has 0 fully saturated rings. The molecule has 2 aromatic rings. The van der Waals surface area contributed by atoms with Crippen LogP contribution in [0.1, 0.15) is 33.7 Å². The Kier molecular flexibility index (Phi) is 3.53. The zero-order valence-corrected chi connectivity index (χ0v) is 11.7. The number of aromatic nitrogens is 2. The van der Waals surface area contributed by atoms with Gasteiger partial charge >= 0.3 is 0 Å². The number of hydrogen-bond acceptors (Lipinski definition) is 5. The SMILES string of the molecule is Cn1cnc2c1C(=O)c1ccccc1C2=NOCCCN. The first-order valence-corrected chi connectivity index (χ1v) is 6.80. The molecule has 2 N–H and O–H groups in total. The van der Waals surface area contributed by atoms with Gasteiger partial charge in [0.2, 0.25) is 5.78 Å². The van der Waals surface area contributed by atoms with Crippen LogP contribution in [0.15, 0.2) is 35.7 Å². The molecule has 0 bridgehead atoms. The molecule has 3 rings (SSSR count). The summed E-state index contributed by atoms with van der Waals surface area (Å²) in [6.45, 7) is 0.993. The van der Waals surface area contributed by atoms with Gasteiger partial charge in [-0.05, 0) is 13.0 Å². The second-order valence-corrected chi connectivity index (χ2v) is 4.84. The van der Waals surface area contributed by atoms with Crippen molar-refractivity contribution in [2.24, 2.45) is 17.9 Å². The Morgan fingerprint density at radius 1 is 1.33 bits per heavy atom. The fourth-order valence-corrected chi connectivity index (χ4v) is 2.36. The molecule has 6 nitrogen and oxygen atoms in total. The third kappa shape index (κ3) is 2.23. The van der Waals surface area contributed by atoms with Crippen molar-refractivity contribution in [2.45, 2.75) is 6.42 Å². The van der Waals surface area contributed by atoms with E-state index in [1.807, 2.05) is 18.2 Å². The molecule has 21 heavy (non-hydrogen) atoms. The van der Waals surface area contributed by atoms with Crippen LogP contribution in [0.5, 0.6) is 0 Å². The van der Waals surface area contributed by atoms with Gasteiger partial charge in [-0.1, -0.05) is 29.4 Å². The van der Waals surface area contributed by atoms with Gasteiger partial charge in [0, 0.05) is 18.2 Å². The van der Waals surface area contributed by atoms with E-state index in [9.17, 15) is 4.79 Å². The van der Waals surface area contributed by atoms with Gasteiger partial charge in [0.25, 0.3) is 0 Å². The number of nitrogens with two attached hydrogens (primary N) is 1. The van der Waals surface area contributed by atoms with Crippen LogP contribution in [0.25, 0.3) is 0 Å². The average Bonchev–Trinajstić information content (AvgIpc) is 2.89. The minimum absolute atomic E-state index is 0.0403. The van der Waals surface area contributed by atoms with Gasteiger partial charge in [0.15, 0.2) is 0 Å². The van der Waals surface area contributed by atoms with Gasteiger partial charge in [0.05, 0.1) is 6.33 Å². The standard InChI is InChI=1S/C15H16N4O2/c1-19-9-17-13-12(18-21-8-4-7-16)10-5-2-3-6-11(10)15(20)14(13)19/h2-3,5-6,9H,4,7-8,16H2,1H3. The molecule has 1 aliphatic carbocycles. The maximum Gasteiger partial charge on any atom is 0.212 e. The molecule has 0 saturated carbocycles. The molecule has 1 heterocycles. The lowest BCUT2D eigenvalue weighted by Gasteiger charge is -2.17. The molecule has 108 valence electrons. The Bertz CT molecular complexity index is 718. The zero-order chi connectivity index (χ0) is 14.8. The molecule has 1 aromatic carbocycles. The summed E-state index contributed by atoms with van der Waals surface area (Å²) in [5.41, 5.74) is 8.50. The van der Waals surface area contributed by atoms with Crippen LogP contribution in [0.4, 0.5) is 0 Å². The number of aryl methyl sites for hydroxylation is 1. The molecule has 0 radical (unpaired) electrons. The van der Waals surface area contributed by atoms with E-state index in [-0.39, 0.29) is 5.78 Å². The van der Waals surface area contributed by atoms with Crippen LogP contribution in [0, 0.1) is 0 Å². The topological polar surface area (TPSA) is 82.5 Å². The minimum Gasteiger partial charge on any atom is -0.395 e. The van der Waals surface area contributed by atoms with Crippen molar-refractivity contribution in [2.75, 3.05) is 13.2 Å². The summed E-state index contributed by atoms with van der Waals surface area (Å²) in [6.07, 6.45) is 2.34. The normalized spacial score (nSPS) is 15.0. The first-order chi connectivity index (χ1) is 10.2. The van der Waals surface area contributed by atoms with E-state index in [2.05, 4.69) is 10.1 Å². The van der Waals surface area contributed by atoms with Gasteiger partial charge in [-0.15, -0.1) is 0 Å². The molecular weight excluding hydrogens is 268 g/mol. The molecule has 0 amide bonds. The smallest absolute Gasteiger partial charge is 0.212 e. The van der Waals surface area contributed by atoms with Gasteiger partial charge in [-0.2, -0.15) is 0 Å². The minimum atomic E-state index is -0.0403. The van der Waals surface area contributed by atoms with Crippen LogP contribution in [0.2, 0.25) is 0 Å². The van der Waals surface area contributed by atoms with Crippen molar-refractivity contribution < 1.29 is 9.63 Å². The highest BCUT2D eigenvalue weighted by Crippen LogP contribution is 2.26. The molecule has 0 unspecified atom stereocenters. The second-order valence-electron chi connectivity index (χ2n) is 4.84. The van der Waals surface area contributed by atoms with Crippen LogP contribution in [-0.2, 0) is 11.9 Å². The fraction of sp³-hybridized carbons (Fsp3) is 0.267. The van der Waals surface area contributed by atoms with E-state index < -0.39 is 0 Å². The molecule has 0 saturated heterocycles. The number of fused-ring (bicyclic) bond motifs is 2. The molecule has 6 heteroatoms. The lowest BCUT2D eigenvalue weighted by molar-refractivity contribution is 0.102. The van der Waals surface area contributed by atoms with Gasteiger partial charge < -0.3 is 15.1 Å². The summed E-state index contributed by atoms with van der Waals surface area (Å²) in [6, 6.07) is 7.36. The van der Waals surface area contributed by atoms with E-state index in [0.717, 1.165) is 12.0 Å². The Balaban J connectivity index is 2.08. The van der Waals surface area contributed by atoms with Crippen molar-refractivity contribution in [1.29, 1.82) is 0 Å². The van der Waals surface area contributed by atoms with Crippen molar-refractivity contribution >= 4 is 11.5 Å². The van der Waals surface area contributed by atoms with E-state index in [1.165, 1.54) is 0 Å². The quantitative estimate of drug-likeness (QED) is 0.574. The Morgan fingerprint density at radius 2 is 2.10 bits per heavy atom. The third-order valence-corrected chi connectivity index (χ3v) is 3.40. The third-order valence-electron chi connectivity index (χ3n) is 3.40. The number of benzene rings is 1. The predicted octanol–water partition coefficient (Wildman–Crippen LogP) is 1.08. The van der Waals surface area contributed by atoms with Crippen LogP contribution < -0.4 is 5.73 Å². The number of carbonyl (C=O) groups excluding carboxylic acids is 1. The first kappa shape index (κ1) is 13.5. The van der Waals surface area contributed by atoms with Crippen molar-refractivity contribution in [3.63, 3.8) is 0 Å². The van der Waals surface area contributed by atoms with E-state index in [0.29, 0.717) is 35.8 Å². The van der Waals surface area contributed by atoms with Crippen molar-refractivity contribution in [3.05, 3.63) is 53.1 Å². The average molecular weight is 284 g/mol. The maximum absolute atomic E-state index is 12.5. The van der Waals surface area contributed by atoms with Crippen LogP contribution in [0.3, 0.4) is 0 Å². The highest BCUT2D eigenvalue weighted by Gasteiger charge is 2.32. The summed E-state index contributed by atoms with van der Waals surface area (Å²) in [5.74, 6) is -0.0403. The maximum atomic E-state index is 12.5. The predicted molar refractivity (Wildman–Crippen MR) is 78.3 cm³/mol. The summed E-state index contributed by atoms with van der Waals surface area (Å²) < 4.78 is 1.71. The summed E-state index contributed by atoms with van der Waals surface area (Å²) >= 11 is 0. The largest absolute Gasteiger partial charge is 0.395 e. The van der Waals surface area contributed by atoms with Gasteiger partial charge in [-0.25, -0.2) is 4.98 Å². The summed E-state index contributed by atoms with van der Waals surface area (Å²) in [4.78, 5) is 22.2. The number of carbonyl (C=O) groups is 1. The fourth-order valence-electron chi connectivity index (χ4n) is 2.36.